The second kappa shape index (κ2) is 12.7. The van der Waals surface area contributed by atoms with E-state index in [0.29, 0.717) is 41.0 Å². The molecule has 1 atom stereocenters. The number of urea groups is 1. The zero-order chi connectivity index (χ0) is 28.2. The highest BCUT2D eigenvalue weighted by atomic mass is 127. The number of nitrogens with one attached hydrogen (secondary N) is 1. The first kappa shape index (κ1) is 29.3. The molecule has 212 valence electrons. The average molecular weight is 691 g/mol. The van der Waals surface area contributed by atoms with E-state index in [9.17, 15) is 13.2 Å². The number of methoxy groups -OCH3 is 2. The molecule has 0 bridgehead atoms. The van der Waals surface area contributed by atoms with Crippen molar-refractivity contribution in [3.8, 4) is 28.8 Å². The van der Waals surface area contributed by atoms with Gasteiger partial charge in [-0.1, -0.05) is 15.0 Å². The van der Waals surface area contributed by atoms with Crippen LogP contribution in [0.5, 0.6) is 11.5 Å². The van der Waals surface area contributed by atoms with Gasteiger partial charge in [-0.3, -0.25) is 4.57 Å². The third-order valence-electron chi connectivity index (χ3n) is 6.38. The van der Waals surface area contributed by atoms with Gasteiger partial charge in [0.2, 0.25) is 21.8 Å². The molecular weight excluding hydrogens is 659 g/mol. The van der Waals surface area contributed by atoms with Crippen LogP contribution in [0.4, 0.5) is 10.7 Å². The van der Waals surface area contributed by atoms with Crippen LogP contribution in [0, 0.1) is 6.92 Å². The monoisotopic (exact) mass is 690 g/mol. The Morgan fingerprint density at radius 2 is 1.92 bits per heavy atom. The maximum atomic E-state index is 13.9. The summed E-state index contributed by atoms with van der Waals surface area (Å²) in [7, 11) is 0.545. The molecule has 2 amide bonds. The Morgan fingerprint density at radius 3 is 2.51 bits per heavy atom. The van der Waals surface area contributed by atoms with E-state index < -0.39 is 10.0 Å². The maximum Gasteiger partial charge on any atom is 0.317 e. The van der Waals surface area contributed by atoms with Crippen LogP contribution in [0.2, 0.25) is 0 Å². The van der Waals surface area contributed by atoms with E-state index >= 15 is 0 Å². The number of furan rings is 1. The second-order valence-electron chi connectivity index (χ2n) is 8.84. The summed E-state index contributed by atoms with van der Waals surface area (Å²) in [6.07, 6.45) is 0.745. The molecule has 39 heavy (non-hydrogen) atoms. The summed E-state index contributed by atoms with van der Waals surface area (Å²) in [6, 6.07) is 8.46. The Hall–Kier alpha value is -2.66. The molecule has 1 aliphatic rings. The summed E-state index contributed by atoms with van der Waals surface area (Å²) in [5, 5.41) is 11.5. The summed E-state index contributed by atoms with van der Waals surface area (Å²) in [6.45, 7) is 4.46. The van der Waals surface area contributed by atoms with E-state index in [4.69, 9.17) is 13.9 Å². The van der Waals surface area contributed by atoms with Gasteiger partial charge in [0, 0.05) is 31.4 Å². The SMILES string of the molecule is COc1cccc(OC)c1-n1c(-c2ccc(C)o2)nnc1N(CCSI)S(=O)(=O)CCN1C(=O)NCC[C@H]1C. The van der Waals surface area contributed by atoms with Gasteiger partial charge in [0.25, 0.3) is 0 Å². The second-order valence-corrected chi connectivity index (χ2v) is 13.4. The summed E-state index contributed by atoms with van der Waals surface area (Å²) in [5.74, 6) is 2.47. The number of para-hydroxylation sites is 1. The molecule has 1 saturated heterocycles. The molecule has 2 aromatic heterocycles. The Morgan fingerprint density at radius 1 is 1.21 bits per heavy atom. The van der Waals surface area contributed by atoms with Crippen LogP contribution in [0.15, 0.2) is 34.7 Å². The van der Waals surface area contributed by atoms with Crippen LogP contribution >= 0.6 is 30.1 Å². The van der Waals surface area contributed by atoms with Crippen molar-refractivity contribution in [3.63, 3.8) is 0 Å². The molecule has 3 heterocycles. The fourth-order valence-corrected chi connectivity index (χ4v) is 6.72. The topological polar surface area (TPSA) is 132 Å². The van der Waals surface area contributed by atoms with Crippen molar-refractivity contribution in [2.24, 2.45) is 0 Å². The molecule has 15 heteroatoms. The Kier molecular flexibility index (Phi) is 9.53. The first-order valence-electron chi connectivity index (χ1n) is 12.2. The number of carbonyl (C=O) groups excluding carboxylic acids is 1. The molecule has 1 aliphatic heterocycles. The molecule has 3 aromatic rings. The minimum Gasteiger partial charge on any atom is -0.494 e. The number of amides is 2. The highest BCUT2D eigenvalue weighted by Gasteiger charge is 2.34. The van der Waals surface area contributed by atoms with Crippen LogP contribution in [-0.4, -0.2) is 85.5 Å². The van der Waals surface area contributed by atoms with Gasteiger partial charge in [-0.15, -0.1) is 10.2 Å². The van der Waals surface area contributed by atoms with Crippen LogP contribution < -0.4 is 19.1 Å². The Labute approximate surface area is 244 Å². The van der Waals surface area contributed by atoms with E-state index in [1.54, 1.807) is 46.7 Å². The molecule has 1 aromatic carbocycles. The molecule has 12 nitrogen and oxygen atoms in total. The van der Waals surface area contributed by atoms with Crippen LogP contribution in [0.1, 0.15) is 19.1 Å². The van der Waals surface area contributed by atoms with Crippen molar-refractivity contribution in [1.29, 1.82) is 0 Å². The quantitative estimate of drug-likeness (QED) is 0.282. The van der Waals surface area contributed by atoms with E-state index in [2.05, 4.69) is 36.7 Å². The Bertz CT molecular complexity index is 1390. The molecule has 0 saturated carbocycles. The number of hydrogen-bond acceptors (Lipinski definition) is 9. The standard InChI is InChI=1S/C24H31IN6O6S2/c1-16-10-11-26-24(32)29(16)13-15-39(33,34)30(12-14-38-25)23-28-27-22(20-9-8-17(2)37-20)31(23)21-18(35-3)6-5-7-19(21)36-4/h5-9,16H,10-15H2,1-4H3,(H,26,32)/t16-/m1/s1. The molecular formula is C24H31IN6O6S2. The third-order valence-corrected chi connectivity index (χ3v) is 9.76. The first-order chi connectivity index (χ1) is 18.7. The molecule has 0 radical (unpaired) electrons. The lowest BCUT2D eigenvalue weighted by Gasteiger charge is -2.34. The maximum absolute atomic E-state index is 13.9. The minimum absolute atomic E-state index is 0.0412. The van der Waals surface area contributed by atoms with Crippen molar-refractivity contribution in [2.45, 2.75) is 26.3 Å². The normalized spacial score (nSPS) is 15.8. The number of hydrogen-bond donors (Lipinski definition) is 1. The largest absolute Gasteiger partial charge is 0.494 e. The predicted molar refractivity (Wildman–Crippen MR) is 159 cm³/mol. The number of carbonyl (C=O) groups is 1. The molecule has 0 aliphatic carbocycles. The smallest absolute Gasteiger partial charge is 0.317 e. The zero-order valence-corrected chi connectivity index (χ0v) is 25.9. The van der Waals surface area contributed by atoms with Crippen molar-refractivity contribution in [2.75, 3.05) is 49.7 Å². The number of rotatable bonds is 12. The number of aromatic nitrogens is 3. The van der Waals surface area contributed by atoms with Crippen molar-refractivity contribution < 1.29 is 27.1 Å². The van der Waals surface area contributed by atoms with Gasteiger partial charge in [-0.05, 0) is 65.7 Å². The van der Waals surface area contributed by atoms with Gasteiger partial charge in [0.1, 0.15) is 22.9 Å². The number of ether oxygens (including phenoxy) is 2. The van der Waals surface area contributed by atoms with Gasteiger partial charge < -0.3 is 24.1 Å². The molecule has 4 rings (SSSR count). The predicted octanol–water partition coefficient (Wildman–Crippen LogP) is 3.88. The lowest BCUT2D eigenvalue weighted by molar-refractivity contribution is 0.164. The number of aryl methyl sites for hydroxylation is 1. The molecule has 0 unspecified atom stereocenters. The molecule has 1 fully saturated rings. The summed E-state index contributed by atoms with van der Waals surface area (Å²) in [5.41, 5.74) is 0.429. The van der Waals surface area contributed by atoms with E-state index in [0.717, 1.165) is 6.42 Å². The number of sulfonamides is 1. The van der Waals surface area contributed by atoms with Gasteiger partial charge in [0.05, 0.1) is 20.0 Å². The van der Waals surface area contributed by atoms with E-state index in [1.165, 1.54) is 27.5 Å². The lowest BCUT2D eigenvalue weighted by Crippen LogP contribution is -2.53. The van der Waals surface area contributed by atoms with E-state index in [1.807, 2.05) is 6.92 Å². The number of nitrogens with zero attached hydrogens (tertiary/aromatic N) is 5. The average Bonchev–Trinajstić information content (AvgIpc) is 3.54. The number of halogens is 1. The molecule has 1 N–H and O–H groups in total. The number of benzene rings is 1. The minimum atomic E-state index is -3.97. The van der Waals surface area contributed by atoms with Gasteiger partial charge >= 0.3 is 6.03 Å². The lowest BCUT2D eigenvalue weighted by atomic mass is 10.2. The summed E-state index contributed by atoms with van der Waals surface area (Å²) in [4.78, 5) is 14.0. The van der Waals surface area contributed by atoms with Crippen molar-refractivity contribution >= 4 is 52.1 Å². The fourth-order valence-electron chi connectivity index (χ4n) is 4.38. The zero-order valence-electron chi connectivity index (χ0n) is 22.1. The van der Waals surface area contributed by atoms with Crippen molar-refractivity contribution in [1.82, 2.24) is 25.0 Å². The highest BCUT2D eigenvalue weighted by molar-refractivity contribution is 14.2. The van der Waals surface area contributed by atoms with Gasteiger partial charge in [0.15, 0.2) is 5.76 Å². The third kappa shape index (κ3) is 6.24. The highest BCUT2D eigenvalue weighted by Crippen LogP contribution is 2.39. The van der Waals surface area contributed by atoms with Gasteiger partial charge in [-0.2, -0.15) is 0 Å². The number of anilines is 1. The van der Waals surface area contributed by atoms with Crippen molar-refractivity contribution in [3.05, 3.63) is 36.1 Å². The Balaban J connectivity index is 1.85. The fraction of sp³-hybridized carbons (Fsp3) is 0.458. The first-order valence-corrected chi connectivity index (χ1v) is 17.4. The van der Waals surface area contributed by atoms with Crippen LogP contribution in [0.3, 0.4) is 0 Å². The van der Waals surface area contributed by atoms with Crippen LogP contribution in [0.25, 0.3) is 17.3 Å². The summed E-state index contributed by atoms with van der Waals surface area (Å²) < 4.78 is 47.8. The van der Waals surface area contributed by atoms with E-state index in [-0.39, 0.29) is 42.7 Å². The van der Waals surface area contributed by atoms with Crippen LogP contribution in [-0.2, 0) is 10.0 Å². The van der Waals surface area contributed by atoms with Gasteiger partial charge in [-0.25, -0.2) is 17.5 Å². The molecule has 0 spiro atoms. The summed E-state index contributed by atoms with van der Waals surface area (Å²) >= 11 is 2.13.